The van der Waals surface area contributed by atoms with Gasteiger partial charge in [-0.1, -0.05) is 13.8 Å². The Kier molecular flexibility index (Phi) is 3.44. The molecule has 0 bridgehead atoms. The molecule has 3 nitrogen and oxygen atoms in total. The number of ether oxygens (including phenoxy) is 2. The molecule has 2 saturated carbocycles. The summed E-state index contributed by atoms with van der Waals surface area (Å²) in [5, 5.41) is 0. The van der Waals surface area contributed by atoms with Crippen LogP contribution >= 0.6 is 0 Å². The molecule has 0 radical (unpaired) electrons. The first-order chi connectivity index (χ1) is 9.65. The van der Waals surface area contributed by atoms with Crippen LogP contribution in [0.5, 0.6) is 0 Å². The molecular weight excluding hydrogens is 264 g/mol. The number of carbonyl (C=O) groups excluding carboxylic acids is 1. The van der Waals surface area contributed by atoms with Gasteiger partial charge >= 0.3 is 5.97 Å². The molecule has 3 heteroatoms. The maximum Gasteiger partial charge on any atom is 0.303 e. The molecule has 5 unspecified atom stereocenters. The Morgan fingerprint density at radius 3 is 2.57 bits per heavy atom. The molecular formula is C18H30O3. The van der Waals surface area contributed by atoms with Crippen molar-refractivity contribution in [2.45, 2.75) is 90.4 Å². The highest BCUT2D eigenvalue weighted by atomic mass is 16.6. The highest BCUT2D eigenvalue weighted by Crippen LogP contribution is 2.56. The zero-order valence-corrected chi connectivity index (χ0v) is 14.2. The molecule has 0 aromatic heterocycles. The zero-order chi connectivity index (χ0) is 15.5. The largest absolute Gasteiger partial charge is 0.459 e. The molecule has 0 aromatic carbocycles. The second-order valence-corrected chi connectivity index (χ2v) is 8.73. The summed E-state index contributed by atoms with van der Waals surface area (Å²) in [6, 6.07) is 0. The van der Waals surface area contributed by atoms with Gasteiger partial charge in [0.1, 0.15) is 5.60 Å². The van der Waals surface area contributed by atoms with Gasteiger partial charge in [0.2, 0.25) is 0 Å². The quantitative estimate of drug-likeness (QED) is 0.566. The summed E-state index contributed by atoms with van der Waals surface area (Å²) in [4.78, 5) is 11.6. The molecule has 1 saturated heterocycles. The Morgan fingerprint density at radius 1 is 1.38 bits per heavy atom. The first-order valence-corrected chi connectivity index (χ1v) is 8.52. The minimum Gasteiger partial charge on any atom is -0.459 e. The number of carbonyl (C=O) groups is 1. The van der Waals surface area contributed by atoms with Crippen molar-refractivity contribution >= 4 is 5.97 Å². The van der Waals surface area contributed by atoms with Gasteiger partial charge in [-0.15, -0.1) is 0 Å². The van der Waals surface area contributed by atoms with Crippen molar-refractivity contribution in [1.29, 1.82) is 0 Å². The lowest BCUT2D eigenvalue weighted by atomic mass is 9.72. The number of fused-ring (bicyclic) bond motifs is 1. The molecule has 3 aliphatic rings. The summed E-state index contributed by atoms with van der Waals surface area (Å²) in [5.74, 6) is 1.11. The van der Waals surface area contributed by atoms with Gasteiger partial charge < -0.3 is 9.47 Å². The van der Waals surface area contributed by atoms with Crippen LogP contribution in [0.15, 0.2) is 0 Å². The predicted molar refractivity (Wildman–Crippen MR) is 81.9 cm³/mol. The van der Waals surface area contributed by atoms with E-state index in [4.69, 9.17) is 9.47 Å². The average Bonchev–Trinajstić information content (AvgIpc) is 3.19. The maximum absolute atomic E-state index is 11.6. The normalized spacial score (nSPS) is 42.6. The number of hydrogen-bond acceptors (Lipinski definition) is 3. The van der Waals surface area contributed by atoms with E-state index < -0.39 is 0 Å². The fourth-order valence-electron chi connectivity index (χ4n) is 4.40. The summed E-state index contributed by atoms with van der Waals surface area (Å²) in [6.07, 6.45) is 7.15. The Balaban J connectivity index is 1.63. The lowest BCUT2D eigenvalue weighted by molar-refractivity contribution is -0.164. The van der Waals surface area contributed by atoms with Gasteiger partial charge in [0.05, 0.1) is 11.7 Å². The summed E-state index contributed by atoms with van der Waals surface area (Å²) in [5.41, 5.74) is 0.325. The lowest BCUT2D eigenvalue weighted by Crippen LogP contribution is -2.42. The molecule has 2 aliphatic carbocycles. The van der Waals surface area contributed by atoms with E-state index in [0.717, 1.165) is 31.6 Å². The van der Waals surface area contributed by atoms with Crippen molar-refractivity contribution in [1.82, 2.24) is 0 Å². The SMILES string of the molecule is CC(=O)OC(C)(CCC1CC1(C)C)C1CCC2(C)OC2C1. The van der Waals surface area contributed by atoms with Crippen LogP contribution in [-0.2, 0) is 14.3 Å². The van der Waals surface area contributed by atoms with E-state index in [2.05, 4.69) is 27.7 Å². The smallest absolute Gasteiger partial charge is 0.303 e. The number of hydrogen-bond donors (Lipinski definition) is 0. The first kappa shape index (κ1) is 15.3. The third-order valence-electron chi connectivity index (χ3n) is 6.47. The predicted octanol–water partition coefficient (Wildman–Crippen LogP) is 4.09. The van der Waals surface area contributed by atoms with E-state index >= 15 is 0 Å². The zero-order valence-electron chi connectivity index (χ0n) is 14.2. The van der Waals surface area contributed by atoms with Gasteiger partial charge in [-0.2, -0.15) is 0 Å². The molecule has 3 fully saturated rings. The Labute approximate surface area is 128 Å². The van der Waals surface area contributed by atoms with Gasteiger partial charge in [0, 0.05) is 12.8 Å². The maximum atomic E-state index is 11.6. The molecule has 120 valence electrons. The van der Waals surface area contributed by atoms with Crippen LogP contribution in [0.1, 0.15) is 73.1 Å². The molecule has 0 aromatic rings. The molecule has 5 atom stereocenters. The number of epoxide rings is 1. The minimum absolute atomic E-state index is 0.131. The van der Waals surface area contributed by atoms with Crippen molar-refractivity contribution in [3.63, 3.8) is 0 Å². The van der Waals surface area contributed by atoms with Crippen LogP contribution in [0.4, 0.5) is 0 Å². The monoisotopic (exact) mass is 294 g/mol. The van der Waals surface area contributed by atoms with Crippen molar-refractivity contribution in [3.8, 4) is 0 Å². The van der Waals surface area contributed by atoms with E-state index in [9.17, 15) is 4.79 Å². The van der Waals surface area contributed by atoms with Crippen LogP contribution in [0, 0.1) is 17.3 Å². The molecule has 0 N–H and O–H groups in total. The van der Waals surface area contributed by atoms with Crippen LogP contribution in [0.3, 0.4) is 0 Å². The fraction of sp³-hybridized carbons (Fsp3) is 0.944. The van der Waals surface area contributed by atoms with Crippen molar-refractivity contribution in [2.75, 3.05) is 0 Å². The van der Waals surface area contributed by atoms with Gasteiger partial charge in [0.15, 0.2) is 0 Å². The third kappa shape index (κ3) is 2.99. The van der Waals surface area contributed by atoms with Crippen LogP contribution < -0.4 is 0 Å². The van der Waals surface area contributed by atoms with Crippen molar-refractivity contribution < 1.29 is 14.3 Å². The number of esters is 1. The molecule has 3 rings (SSSR count). The van der Waals surface area contributed by atoms with Crippen molar-refractivity contribution in [2.24, 2.45) is 17.3 Å². The second-order valence-electron chi connectivity index (χ2n) is 8.73. The fourth-order valence-corrected chi connectivity index (χ4v) is 4.40. The van der Waals surface area contributed by atoms with Crippen LogP contribution in [0.2, 0.25) is 0 Å². The topological polar surface area (TPSA) is 38.8 Å². The standard InChI is InChI=1S/C18H30O3/c1-12(19)20-17(4,8-7-14-11-16(14,2)3)13-6-9-18(5)15(10-13)21-18/h13-15H,6-11H2,1-5H3. The first-order valence-electron chi connectivity index (χ1n) is 8.52. The Morgan fingerprint density at radius 2 is 2.05 bits per heavy atom. The molecule has 1 heterocycles. The van der Waals surface area contributed by atoms with E-state index in [1.807, 2.05) is 0 Å². The van der Waals surface area contributed by atoms with Crippen LogP contribution in [0.25, 0.3) is 0 Å². The van der Waals surface area contributed by atoms with Gasteiger partial charge in [-0.3, -0.25) is 4.79 Å². The van der Waals surface area contributed by atoms with E-state index in [0.29, 0.717) is 17.4 Å². The molecule has 0 spiro atoms. The highest BCUT2D eigenvalue weighted by Gasteiger charge is 2.58. The van der Waals surface area contributed by atoms with Crippen molar-refractivity contribution in [3.05, 3.63) is 0 Å². The summed E-state index contributed by atoms with van der Waals surface area (Å²) < 4.78 is 11.7. The summed E-state index contributed by atoms with van der Waals surface area (Å²) in [7, 11) is 0. The lowest BCUT2D eigenvalue weighted by Gasteiger charge is -2.39. The minimum atomic E-state index is -0.308. The Bertz CT molecular complexity index is 444. The summed E-state index contributed by atoms with van der Waals surface area (Å²) in [6.45, 7) is 10.6. The van der Waals surface area contributed by atoms with E-state index in [-0.39, 0.29) is 17.2 Å². The van der Waals surface area contributed by atoms with Gasteiger partial charge in [0.25, 0.3) is 0 Å². The van der Waals surface area contributed by atoms with Crippen LogP contribution in [-0.4, -0.2) is 23.3 Å². The number of rotatable bonds is 5. The molecule has 21 heavy (non-hydrogen) atoms. The Hall–Kier alpha value is -0.570. The van der Waals surface area contributed by atoms with E-state index in [1.54, 1.807) is 6.92 Å². The van der Waals surface area contributed by atoms with Gasteiger partial charge in [-0.25, -0.2) is 0 Å². The molecule has 1 aliphatic heterocycles. The average molecular weight is 294 g/mol. The van der Waals surface area contributed by atoms with Gasteiger partial charge in [-0.05, 0) is 63.7 Å². The molecule has 0 amide bonds. The third-order valence-corrected chi connectivity index (χ3v) is 6.47. The summed E-state index contributed by atoms with van der Waals surface area (Å²) >= 11 is 0. The van der Waals surface area contributed by atoms with E-state index in [1.165, 1.54) is 12.8 Å². The second kappa shape index (κ2) is 4.71. The highest BCUT2D eigenvalue weighted by molar-refractivity contribution is 5.66.